The van der Waals surface area contributed by atoms with Gasteiger partial charge in [0.25, 0.3) is 0 Å². The molecule has 4 heteroatoms. The molecule has 0 aliphatic heterocycles. The molecule has 106 valence electrons. The van der Waals surface area contributed by atoms with Crippen LogP contribution < -0.4 is 5.32 Å². The van der Waals surface area contributed by atoms with Gasteiger partial charge in [-0.25, -0.2) is 4.79 Å². The van der Waals surface area contributed by atoms with E-state index in [0.717, 1.165) is 24.6 Å². The normalized spacial score (nSPS) is 21.3. The van der Waals surface area contributed by atoms with Crippen molar-refractivity contribution in [2.75, 3.05) is 5.33 Å². The Bertz CT molecular complexity index is 282. The summed E-state index contributed by atoms with van der Waals surface area (Å²) in [5.74, 6) is 0.458. The molecular weight excluding hydrogens is 294 g/mol. The molecule has 0 aromatic rings. The monoisotopic (exact) mass is 319 g/mol. The molecule has 0 spiro atoms. The number of hydrogen-bond acceptors (Lipinski definition) is 1. The lowest BCUT2D eigenvalue weighted by Crippen LogP contribution is -2.62. The highest BCUT2D eigenvalue weighted by atomic mass is 79.9. The van der Waals surface area contributed by atoms with E-state index in [1.165, 1.54) is 19.3 Å². The van der Waals surface area contributed by atoms with Crippen molar-refractivity contribution in [1.82, 2.24) is 5.32 Å². The molecule has 1 aliphatic carbocycles. The molecule has 18 heavy (non-hydrogen) atoms. The zero-order valence-electron chi connectivity index (χ0n) is 11.8. The van der Waals surface area contributed by atoms with Crippen molar-refractivity contribution in [3.05, 3.63) is 0 Å². The van der Waals surface area contributed by atoms with Crippen LogP contribution in [-0.2, 0) is 0 Å². The summed E-state index contributed by atoms with van der Waals surface area (Å²) in [7, 11) is 0. The molecule has 2 N–H and O–H groups in total. The largest absolute Gasteiger partial charge is 0.465 e. The number of halogens is 1. The van der Waals surface area contributed by atoms with Crippen LogP contribution in [0.15, 0.2) is 0 Å². The van der Waals surface area contributed by atoms with E-state index in [-0.39, 0.29) is 11.0 Å². The number of nitrogens with one attached hydrogen (secondary N) is 1. The standard InChI is InChI=1S/C14H26BrNO2/c1-13(2,3)14(9-10-15,16-12(17)18)11-7-5-4-6-8-11/h11,16H,4-10H2,1-3H3,(H,17,18). The van der Waals surface area contributed by atoms with Gasteiger partial charge in [0.15, 0.2) is 0 Å². The Hall–Kier alpha value is -0.250. The lowest BCUT2D eigenvalue weighted by molar-refractivity contribution is 0.0432. The first-order chi connectivity index (χ1) is 8.33. The van der Waals surface area contributed by atoms with Gasteiger partial charge in [0.1, 0.15) is 0 Å². The molecule has 0 radical (unpaired) electrons. The molecule has 1 unspecified atom stereocenters. The number of alkyl halides is 1. The van der Waals surface area contributed by atoms with Crippen molar-refractivity contribution in [2.24, 2.45) is 11.3 Å². The van der Waals surface area contributed by atoms with Gasteiger partial charge < -0.3 is 10.4 Å². The lowest BCUT2D eigenvalue weighted by Gasteiger charge is -2.51. The van der Waals surface area contributed by atoms with Crippen molar-refractivity contribution in [3.63, 3.8) is 0 Å². The van der Waals surface area contributed by atoms with Gasteiger partial charge in [0.2, 0.25) is 0 Å². The molecule has 0 aromatic carbocycles. The minimum Gasteiger partial charge on any atom is -0.465 e. The van der Waals surface area contributed by atoms with Gasteiger partial charge in [-0.05, 0) is 30.6 Å². The molecular formula is C14H26BrNO2. The van der Waals surface area contributed by atoms with E-state index in [2.05, 4.69) is 42.0 Å². The Balaban J connectivity index is 3.05. The second-order valence-electron chi connectivity index (χ2n) is 6.43. The summed E-state index contributed by atoms with van der Waals surface area (Å²) in [5, 5.41) is 13.0. The van der Waals surface area contributed by atoms with Crippen molar-refractivity contribution >= 4 is 22.0 Å². The molecule has 0 bridgehead atoms. The van der Waals surface area contributed by atoms with Crippen molar-refractivity contribution in [3.8, 4) is 0 Å². The van der Waals surface area contributed by atoms with Crippen LogP contribution in [0.3, 0.4) is 0 Å². The van der Waals surface area contributed by atoms with Crippen LogP contribution in [0.5, 0.6) is 0 Å². The van der Waals surface area contributed by atoms with E-state index >= 15 is 0 Å². The van der Waals surface area contributed by atoms with Gasteiger partial charge in [-0.3, -0.25) is 0 Å². The molecule has 1 fully saturated rings. The smallest absolute Gasteiger partial charge is 0.405 e. The summed E-state index contributed by atoms with van der Waals surface area (Å²) in [6, 6.07) is 0. The summed E-state index contributed by atoms with van der Waals surface area (Å²) in [5.41, 5.74) is -0.385. The number of carbonyl (C=O) groups is 1. The lowest BCUT2D eigenvalue weighted by atomic mass is 9.61. The van der Waals surface area contributed by atoms with Crippen molar-refractivity contribution in [2.45, 2.75) is 64.8 Å². The number of hydrogen-bond donors (Lipinski definition) is 2. The fourth-order valence-corrected chi connectivity index (χ4v) is 4.10. The Morgan fingerprint density at radius 1 is 1.28 bits per heavy atom. The minimum absolute atomic E-state index is 0.0683. The Kier molecular flexibility index (Phi) is 5.50. The van der Waals surface area contributed by atoms with Crippen molar-refractivity contribution in [1.29, 1.82) is 0 Å². The Morgan fingerprint density at radius 3 is 2.22 bits per heavy atom. The highest BCUT2D eigenvalue weighted by Gasteiger charge is 2.48. The molecule has 0 heterocycles. The molecule has 1 saturated carbocycles. The summed E-state index contributed by atoms with van der Waals surface area (Å²) < 4.78 is 0. The highest BCUT2D eigenvalue weighted by Crippen LogP contribution is 2.45. The van der Waals surface area contributed by atoms with Gasteiger partial charge in [-0.15, -0.1) is 0 Å². The fourth-order valence-electron chi connectivity index (χ4n) is 3.48. The van der Waals surface area contributed by atoms with Crippen LogP contribution >= 0.6 is 15.9 Å². The summed E-state index contributed by atoms with van der Waals surface area (Å²) in [6.07, 6.45) is 6.00. The SMILES string of the molecule is CC(C)(C)C(CCBr)(NC(=O)O)C1CCCCC1. The quantitative estimate of drug-likeness (QED) is 0.754. The first kappa shape index (κ1) is 15.8. The fraction of sp³-hybridized carbons (Fsp3) is 0.929. The maximum Gasteiger partial charge on any atom is 0.405 e. The van der Waals surface area contributed by atoms with Crippen LogP contribution in [0, 0.1) is 11.3 Å². The topological polar surface area (TPSA) is 49.3 Å². The Morgan fingerprint density at radius 2 is 1.83 bits per heavy atom. The van der Waals surface area contributed by atoms with E-state index in [9.17, 15) is 9.90 Å². The van der Waals surface area contributed by atoms with Gasteiger partial charge in [0.05, 0.1) is 5.54 Å². The predicted octanol–water partition coefficient (Wildman–Crippen LogP) is 4.40. The maximum absolute atomic E-state index is 11.3. The van der Waals surface area contributed by atoms with Crippen molar-refractivity contribution < 1.29 is 9.90 Å². The predicted molar refractivity (Wildman–Crippen MR) is 78.3 cm³/mol. The van der Waals surface area contributed by atoms with E-state index < -0.39 is 6.09 Å². The van der Waals surface area contributed by atoms with Gasteiger partial charge >= 0.3 is 6.09 Å². The summed E-state index contributed by atoms with van der Waals surface area (Å²) in [4.78, 5) is 11.3. The first-order valence-electron chi connectivity index (χ1n) is 6.90. The summed E-state index contributed by atoms with van der Waals surface area (Å²) >= 11 is 3.50. The van der Waals surface area contributed by atoms with Gasteiger partial charge in [0, 0.05) is 5.33 Å². The Labute approximate surface area is 119 Å². The number of rotatable bonds is 4. The summed E-state index contributed by atoms with van der Waals surface area (Å²) in [6.45, 7) is 6.46. The number of amides is 1. The third-order valence-corrected chi connectivity index (χ3v) is 4.86. The van der Waals surface area contributed by atoms with Crippen LogP contribution in [0.1, 0.15) is 59.3 Å². The van der Waals surface area contributed by atoms with E-state index in [0.29, 0.717) is 5.92 Å². The average Bonchev–Trinajstić information content (AvgIpc) is 2.27. The van der Waals surface area contributed by atoms with Crippen LogP contribution in [0.4, 0.5) is 4.79 Å². The van der Waals surface area contributed by atoms with Crippen LogP contribution in [0.25, 0.3) is 0 Å². The average molecular weight is 320 g/mol. The van der Waals surface area contributed by atoms with Crippen LogP contribution in [0.2, 0.25) is 0 Å². The zero-order valence-corrected chi connectivity index (χ0v) is 13.3. The molecule has 3 nitrogen and oxygen atoms in total. The van der Waals surface area contributed by atoms with Crippen LogP contribution in [-0.4, -0.2) is 22.1 Å². The second-order valence-corrected chi connectivity index (χ2v) is 7.22. The minimum atomic E-state index is -0.892. The molecule has 1 rings (SSSR count). The molecule has 1 atom stereocenters. The highest BCUT2D eigenvalue weighted by molar-refractivity contribution is 9.09. The van der Waals surface area contributed by atoms with E-state index in [1.54, 1.807) is 0 Å². The van der Waals surface area contributed by atoms with E-state index in [4.69, 9.17) is 0 Å². The molecule has 1 amide bonds. The number of carboxylic acid groups (broad SMARTS) is 1. The molecule has 1 aliphatic rings. The van der Waals surface area contributed by atoms with Gasteiger partial charge in [-0.2, -0.15) is 0 Å². The zero-order chi connectivity index (χ0) is 13.8. The van der Waals surface area contributed by atoms with E-state index in [1.807, 2.05) is 0 Å². The molecule has 0 saturated heterocycles. The molecule has 0 aromatic heterocycles. The third-order valence-electron chi connectivity index (χ3n) is 4.46. The third kappa shape index (κ3) is 3.40. The first-order valence-corrected chi connectivity index (χ1v) is 8.03. The second kappa shape index (κ2) is 6.27. The maximum atomic E-state index is 11.3. The van der Waals surface area contributed by atoms with Gasteiger partial charge in [-0.1, -0.05) is 56.0 Å².